The van der Waals surface area contributed by atoms with E-state index in [1.165, 1.54) is 38.0 Å². The van der Waals surface area contributed by atoms with Gasteiger partial charge in [0.1, 0.15) is 0 Å². The average molecular weight is 354 g/mol. The van der Waals surface area contributed by atoms with Gasteiger partial charge in [0.25, 0.3) is 0 Å². The maximum absolute atomic E-state index is 6.30. The minimum absolute atomic E-state index is 0.125. The van der Waals surface area contributed by atoms with Crippen molar-refractivity contribution in [3.63, 3.8) is 0 Å². The Kier molecular flexibility index (Phi) is 6.23. The highest BCUT2D eigenvalue weighted by Gasteiger charge is 2.29. The van der Waals surface area contributed by atoms with Crippen molar-refractivity contribution < 1.29 is 0 Å². The molecule has 2 rings (SSSR count). The van der Waals surface area contributed by atoms with E-state index in [1.807, 2.05) is 0 Å². The Hall–Kier alpha value is -0.420. The van der Waals surface area contributed by atoms with Crippen LogP contribution in [-0.4, -0.2) is 48.6 Å². The fraction of sp³-hybridized carbons (Fsp3) is 0.647. The first-order chi connectivity index (χ1) is 10.0. The quantitative estimate of drug-likeness (QED) is 0.881. The van der Waals surface area contributed by atoms with E-state index in [4.69, 9.17) is 5.73 Å². The van der Waals surface area contributed by atoms with Crippen molar-refractivity contribution in [2.24, 2.45) is 5.73 Å². The van der Waals surface area contributed by atoms with E-state index in [1.54, 1.807) is 0 Å². The van der Waals surface area contributed by atoms with E-state index in [-0.39, 0.29) is 12.1 Å². The third kappa shape index (κ3) is 4.28. The van der Waals surface area contributed by atoms with Gasteiger partial charge >= 0.3 is 0 Å². The molecule has 0 aliphatic carbocycles. The van der Waals surface area contributed by atoms with Crippen LogP contribution in [0, 0.1) is 0 Å². The topological polar surface area (TPSA) is 32.5 Å². The van der Waals surface area contributed by atoms with Crippen LogP contribution >= 0.6 is 15.9 Å². The molecule has 2 atom stereocenters. The minimum atomic E-state index is 0.125. The van der Waals surface area contributed by atoms with Crippen LogP contribution in [0.1, 0.15) is 38.3 Å². The fourth-order valence-corrected chi connectivity index (χ4v) is 3.70. The van der Waals surface area contributed by atoms with Crippen LogP contribution < -0.4 is 5.73 Å². The summed E-state index contributed by atoms with van der Waals surface area (Å²) in [5.74, 6) is 0. The molecule has 4 heteroatoms. The molecule has 1 fully saturated rings. The Labute approximate surface area is 137 Å². The predicted octanol–water partition coefficient (Wildman–Crippen LogP) is 3.25. The van der Waals surface area contributed by atoms with Crippen LogP contribution in [0.25, 0.3) is 0 Å². The molecule has 1 heterocycles. The van der Waals surface area contributed by atoms with Gasteiger partial charge in [-0.1, -0.05) is 35.0 Å². The van der Waals surface area contributed by atoms with Crippen LogP contribution in [0.4, 0.5) is 0 Å². The molecule has 0 spiro atoms. The van der Waals surface area contributed by atoms with E-state index in [0.717, 1.165) is 4.47 Å². The molecule has 1 aromatic rings. The summed E-state index contributed by atoms with van der Waals surface area (Å²) in [5.41, 5.74) is 7.62. The van der Waals surface area contributed by atoms with Crippen molar-refractivity contribution >= 4 is 15.9 Å². The molecule has 21 heavy (non-hydrogen) atoms. The van der Waals surface area contributed by atoms with Crippen LogP contribution in [0.5, 0.6) is 0 Å². The summed E-state index contributed by atoms with van der Waals surface area (Å²) in [6.45, 7) is 7.94. The number of nitrogens with zero attached hydrogens (tertiary/aromatic N) is 2. The molecule has 0 bridgehead atoms. The Morgan fingerprint density at radius 1 is 1.29 bits per heavy atom. The van der Waals surface area contributed by atoms with Crippen LogP contribution in [-0.2, 0) is 0 Å². The second-order valence-corrected chi connectivity index (χ2v) is 7.10. The molecular weight excluding hydrogens is 326 g/mol. The summed E-state index contributed by atoms with van der Waals surface area (Å²) in [7, 11) is 2.24. The van der Waals surface area contributed by atoms with E-state index in [0.29, 0.717) is 6.04 Å². The van der Waals surface area contributed by atoms with Gasteiger partial charge in [0, 0.05) is 22.6 Å². The summed E-state index contributed by atoms with van der Waals surface area (Å²) >= 11 is 3.51. The highest BCUT2D eigenvalue weighted by Crippen LogP contribution is 2.28. The second kappa shape index (κ2) is 7.73. The summed E-state index contributed by atoms with van der Waals surface area (Å²) in [6.07, 6.45) is 2.48. The van der Waals surface area contributed by atoms with Gasteiger partial charge in [-0.2, -0.15) is 0 Å². The number of rotatable bonds is 5. The van der Waals surface area contributed by atoms with Crippen LogP contribution in [0.2, 0.25) is 0 Å². The molecule has 3 nitrogen and oxygen atoms in total. The Bertz CT molecular complexity index is 424. The molecular formula is C17H28BrN3. The Morgan fingerprint density at radius 2 is 1.86 bits per heavy atom. The largest absolute Gasteiger partial charge is 0.326 e. The van der Waals surface area contributed by atoms with E-state index in [9.17, 15) is 0 Å². The van der Waals surface area contributed by atoms with Gasteiger partial charge in [-0.25, -0.2) is 0 Å². The van der Waals surface area contributed by atoms with E-state index >= 15 is 0 Å². The number of hydrogen-bond donors (Lipinski definition) is 1. The molecule has 0 saturated carbocycles. The number of likely N-dealkylation sites (tertiary alicyclic amines) is 1. The lowest BCUT2D eigenvalue weighted by molar-refractivity contribution is 0.0896. The Morgan fingerprint density at radius 3 is 2.33 bits per heavy atom. The normalized spacial score (nSPS) is 20.7. The van der Waals surface area contributed by atoms with Gasteiger partial charge in [0.2, 0.25) is 0 Å². The van der Waals surface area contributed by atoms with Gasteiger partial charge < -0.3 is 10.6 Å². The van der Waals surface area contributed by atoms with Gasteiger partial charge in [0.05, 0.1) is 0 Å². The van der Waals surface area contributed by atoms with Crippen molar-refractivity contribution in [2.75, 3.05) is 26.7 Å². The smallest absolute Gasteiger partial charge is 0.0496 e. The van der Waals surface area contributed by atoms with Crippen molar-refractivity contribution in [1.29, 1.82) is 0 Å². The first-order valence-electron chi connectivity index (χ1n) is 7.98. The van der Waals surface area contributed by atoms with Crippen LogP contribution in [0.15, 0.2) is 28.7 Å². The van der Waals surface area contributed by atoms with Crippen molar-refractivity contribution in [1.82, 2.24) is 9.80 Å². The zero-order valence-electron chi connectivity index (χ0n) is 13.4. The monoisotopic (exact) mass is 353 g/mol. The number of hydrogen-bond acceptors (Lipinski definition) is 3. The molecule has 1 saturated heterocycles. The minimum Gasteiger partial charge on any atom is -0.326 e. The van der Waals surface area contributed by atoms with E-state index < -0.39 is 0 Å². The summed E-state index contributed by atoms with van der Waals surface area (Å²) in [6, 6.07) is 9.64. The zero-order valence-corrected chi connectivity index (χ0v) is 15.0. The first-order valence-corrected chi connectivity index (χ1v) is 8.77. The maximum atomic E-state index is 6.30. The number of piperidine rings is 1. The Balaban J connectivity index is 2.09. The first kappa shape index (κ1) is 16.9. The SMILES string of the molecule is CCN1CCC(N(C)C(c2ccc(Br)cc2)C(C)N)CC1. The average Bonchev–Trinajstić information content (AvgIpc) is 2.49. The highest BCUT2D eigenvalue weighted by atomic mass is 79.9. The lowest BCUT2D eigenvalue weighted by atomic mass is 9.95. The lowest BCUT2D eigenvalue weighted by Gasteiger charge is -2.41. The van der Waals surface area contributed by atoms with E-state index in [2.05, 4.69) is 70.9 Å². The third-order valence-corrected chi connectivity index (χ3v) is 5.26. The summed E-state index contributed by atoms with van der Waals surface area (Å²) in [4.78, 5) is 5.03. The molecule has 2 N–H and O–H groups in total. The molecule has 1 aliphatic rings. The molecule has 118 valence electrons. The van der Waals surface area contributed by atoms with Crippen molar-refractivity contribution in [2.45, 2.75) is 44.8 Å². The standard InChI is InChI=1S/C17H28BrN3/c1-4-21-11-9-16(10-12-21)20(3)17(13(2)19)14-5-7-15(18)8-6-14/h5-8,13,16-17H,4,9-12,19H2,1-3H3. The highest BCUT2D eigenvalue weighted by molar-refractivity contribution is 9.10. The fourth-order valence-electron chi connectivity index (χ4n) is 3.44. The van der Waals surface area contributed by atoms with Crippen molar-refractivity contribution in [3.8, 4) is 0 Å². The second-order valence-electron chi connectivity index (χ2n) is 6.19. The number of likely N-dealkylation sites (N-methyl/N-ethyl adjacent to an activating group) is 1. The lowest BCUT2D eigenvalue weighted by Crippen LogP contribution is -2.48. The van der Waals surface area contributed by atoms with Crippen LogP contribution in [0.3, 0.4) is 0 Å². The predicted molar refractivity (Wildman–Crippen MR) is 93.4 cm³/mol. The molecule has 1 aliphatic heterocycles. The molecule has 2 unspecified atom stereocenters. The van der Waals surface area contributed by atoms with Gasteiger partial charge in [-0.15, -0.1) is 0 Å². The molecule has 1 aromatic carbocycles. The third-order valence-electron chi connectivity index (χ3n) is 4.73. The molecule has 0 aromatic heterocycles. The van der Waals surface area contributed by atoms with Gasteiger partial charge in [0.15, 0.2) is 0 Å². The molecule has 0 radical (unpaired) electrons. The number of benzene rings is 1. The zero-order chi connectivity index (χ0) is 15.4. The number of halogens is 1. The van der Waals surface area contributed by atoms with Gasteiger partial charge in [-0.3, -0.25) is 4.90 Å². The number of nitrogens with two attached hydrogens (primary N) is 1. The maximum Gasteiger partial charge on any atom is 0.0496 e. The van der Waals surface area contributed by atoms with Gasteiger partial charge in [-0.05, 0) is 64.1 Å². The van der Waals surface area contributed by atoms with Crippen molar-refractivity contribution in [3.05, 3.63) is 34.3 Å². The molecule has 0 amide bonds. The summed E-state index contributed by atoms with van der Waals surface area (Å²) in [5, 5.41) is 0. The summed E-state index contributed by atoms with van der Waals surface area (Å²) < 4.78 is 1.12.